The predicted octanol–water partition coefficient (Wildman–Crippen LogP) is 0.103. The molecule has 0 radical (unpaired) electrons. The zero-order valence-electron chi connectivity index (χ0n) is 9.27. The van der Waals surface area contributed by atoms with Gasteiger partial charge in [-0.1, -0.05) is 0 Å². The highest BCUT2D eigenvalue weighted by Gasteiger charge is 2.23. The first-order chi connectivity index (χ1) is 6.61. The molecule has 1 heterocycles. The summed E-state index contributed by atoms with van der Waals surface area (Å²) < 4.78 is 10.5. The Morgan fingerprint density at radius 3 is 2.50 bits per heavy atom. The fourth-order valence-corrected chi connectivity index (χ4v) is 1.98. The quantitative estimate of drug-likeness (QED) is 0.704. The molecule has 4 heteroatoms. The molecule has 1 aliphatic rings. The first-order valence-electron chi connectivity index (χ1n) is 5.16. The number of aliphatic hydroxyl groups excluding tert-OH is 1. The number of β-amino-alcohol motifs (C(OH)–C–C–N with tert-alkyl or cyclic N) is 1. The second-order valence-corrected chi connectivity index (χ2v) is 4.09. The predicted molar refractivity (Wildman–Crippen MR) is 54.3 cm³/mol. The molecule has 4 nitrogen and oxygen atoms in total. The van der Waals surface area contributed by atoms with Crippen LogP contribution in [0, 0.1) is 0 Å². The van der Waals surface area contributed by atoms with Gasteiger partial charge in [-0.15, -0.1) is 0 Å². The fourth-order valence-electron chi connectivity index (χ4n) is 1.98. The third kappa shape index (κ3) is 3.92. The SMILES string of the molecule is COCC(O)CN1CC(C)OC(C)C1. The lowest BCUT2D eigenvalue weighted by molar-refractivity contribution is -0.0805. The number of morpholine rings is 1. The summed E-state index contributed by atoms with van der Waals surface area (Å²) in [6.07, 6.45) is 0.125. The van der Waals surface area contributed by atoms with Crippen LogP contribution < -0.4 is 0 Å². The maximum absolute atomic E-state index is 9.57. The number of methoxy groups -OCH3 is 1. The van der Waals surface area contributed by atoms with Crippen molar-refractivity contribution in [3.8, 4) is 0 Å². The van der Waals surface area contributed by atoms with Crippen LogP contribution in [-0.2, 0) is 9.47 Å². The molecular weight excluding hydrogens is 182 g/mol. The second-order valence-electron chi connectivity index (χ2n) is 4.09. The van der Waals surface area contributed by atoms with Gasteiger partial charge in [0.15, 0.2) is 0 Å². The largest absolute Gasteiger partial charge is 0.389 e. The first-order valence-corrected chi connectivity index (χ1v) is 5.16. The highest BCUT2D eigenvalue weighted by atomic mass is 16.5. The van der Waals surface area contributed by atoms with E-state index in [9.17, 15) is 5.11 Å². The van der Waals surface area contributed by atoms with E-state index < -0.39 is 6.10 Å². The average Bonchev–Trinajstić information content (AvgIpc) is 2.01. The van der Waals surface area contributed by atoms with Gasteiger partial charge in [0.05, 0.1) is 24.9 Å². The topological polar surface area (TPSA) is 41.9 Å². The van der Waals surface area contributed by atoms with Crippen LogP contribution in [0.4, 0.5) is 0 Å². The van der Waals surface area contributed by atoms with Crippen molar-refractivity contribution in [1.29, 1.82) is 0 Å². The normalized spacial score (nSPS) is 31.7. The molecular formula is C10H21NO3. The molecule has 1 rings (SSSR count). The lowest BCUT2D eigenvalue weighted by atomic mass is 10.2. The van der Waals surface area contributed by atoms with Gasteiger partial charge in [0.1, 0.15) is 0 Å². The fraction of sp³-hybridized carbons (Fsp3) is 1.00. The lowest BCUT2D eigenvalue weighted by Gasteiger charge is -2.36. The standard InChI is InChI=1S/C10H21NO3/c1-8-4-11(5-9(2)14-8)6-10(12)7-13-3/h8-10,12H,4-7H2,1-3H3. The molecule has 1 saturated heterocycles. The summed E-state index contributed by atoms with van der Waals surface area (Å²) in [5.41, 5.74) is 0. The van der Waals surface area contributed by atoms with E-state index in [2.05, 4.69) is 18.7 Å². The molecule has 1 N–H and O–H groups in total. The van der Waals surface area contributed by atoms with Gasteiger partial charge in [-0.05, 0) is 13.8 Å². The maximum atomic E-state index is 9.57. The van der Waals surface area contributed by atoms with Gasteiger partial charge in [0.2, 0.25) is 0 Å². The lowest BCUT2D eigenvalue weighted by Crippen LogP contribution is -2.48. The van der Waals surface area contributed by atoms with Crippen LogP contribution in [0.15, 0.2) is 0 Å². The minimum Gasteiger partial charge on any atom is -0.389 e. The van der Waals surface area contributed by atoms with E-state index in [1.54, 1.807) is 7.11 Å². The summed E-state index contributed by atoms with van der Waals surface area (Å²) in [5, 5.41) is 9.57. The molecule has 0 aliphatic carbocycles. The molecule has 0 aromatic rings. The molecule has 0 aromatic heterocycles. The number of rotatable bonds is 4. The van der Waals surface area contributed by atoms with Crippen LogP contribution in [-0.4, -0.2) is 61.7 Å². The molecule has 84 valence electrons. The summed E-state index contributed by atoms with van der Waals surface area (Å²) >= 11 is 0. The van der Waals surface area contributed by atoms with Crippen LogP contribution in [0.3, 0.4) is 0 Å². The van der Waals surface area contributed by atoms with E-state index >= 15 is 0 Å². The van der Waals surface area contributed by atoms with E-state index in [0.29, 0.717) is 13.2 Å². The number of hydrogen-bond donors (Lipinski definition) is 1. The zero-order valence-corrected chi connectivity index (χ0v) is 9.27. The average molecular weight is 203 g/mol. The Balaban J connectivity index is 2.29. The highest BCUT2D eigenvalue weighted by molar-refractivity contribution is 4.75. The first kappa shape index (κ1) is 11.9. The molecule has 0 amide bonds. The van der Waals surface area contributed by atoms with Crippen LogP contribution in [0.2, 0.25) is 0 Å². The van der Waals surface area contributed by atoms with Gasteiger partial charge >= 0.3 is 0 Å². The highest BCUT2D eigenvalue weighted by Crippen LogP contribution is 2.10. The van der Waals surface area contributed by atoms with Gasteiger partial charge in [0.25, 0.3) is 0 Å². The number of hydrogen-bond acceptors (Lipinski definition) is 4. The number of aliphatic hydroxyl groups is 1. The summed E-state index contributed by atoms with van der Waals surface area (Å²) in [6.45, 7) is 6.99. The Bertz CT molecular complexity index is 155. The van der Waals surface area contributed by atoms with Crippen LogP contribution in [0.5, 0.6) is 0 Å². The molecule has 1 aliphatic heterocycles. The van der Waals surface area contributed by atoms with Crippen LogP contribution >= 0.6 is 0 Å². The molecule has 0 saturated carbocycles. The van der Waals surface area contributed by atoms with Gasteiger partial charge in [-0.3, -0.25) is 4.90 Å². The Morgan fingerprint density at radius 2 is 2.00 bits per heavy atom. The summed E-state index contributed by atoms with van der Waals surface area (Å²) in [5.74, 6) is 0. The van der Waals surface area contributed by atoms with Crippen molar-refractivity contribution in [3.63, 3.8) is 0 Å². The zero-order chi connectivity index (χ0) is 10.6. The number of ether oxygens (including phenoxy) is 2. The third-order valence-corrected chi connectivity index (χ3v) is 2.32. The van der Waals surface area contributed by atoms with Gasteiger partial charge in [0, 0.05) is 26.7 Å². The van der Waals surface area contributed by atoms with Crippen molar-refractivity contribution in [2.45, 2.75) is 32.2 Å². The maximum Gasteiger partial charge on any atom is 0.0900 e. The van der Waals surface area contributed by atoms with Gasteiger partial charge in [-0.25, -0.2) is 0 Å². The van der Waals surface area contributed by atoms with E-state index in [4.69, 9.17) is 9.47 Å². The smallest absolute Gasteiger partial charge is 0.0900 e. The Hall–Kier alpha value is -0.160. The van der Waals surface area contributed by atoms with E-state index in [1.165, 1.54) is 0 Å². The van der Waals surface area contributed by atoms with Gasteiger partial charge < -0.3 is 14.6 Å². The number of nitrogens with zero attached hydrogens (tertiary/aromatic N) is 1. The summed E-state index contributed by atoms with van der Waals surface area (Å²) in [6, 6.07) is 0. The van der Waals surface area contributed by atoms with Gasteiger partial charge in [-0.2, -0.15) is 0 Å². The monoisotopic (exact) mass is 203 g/mol. The van der Waals surface area contributed by atoms with Crippen molar-refractivity contribution < 1.29 is 14.6 Å². The minimum absolute atomic E-state index is 0.258. The van der Waals surface area contributed by atoms with E-state index in [1.807, 2.05) is 0 Å². The van der Waals surface area contributed by atoms with Crippen molar-refractivity contribution in [2.24, 2.45) is 0 Å². The Kier molecular flexibility index (Phi) is 4.81. The van der Waals surface area contributed by atoms with Crippen molar-refractivity contribution in [1.82, 2.24) is 4.90 Å². The minimum atomic E-state index is -0.391. The molecule has 3 unspecified atom stereocenters. The summed E-state index contributed by atoms with van der Waals surface area (Å²) in [4.78, 5) is 2.22. The van der Waals surface area contributed by atoms with E-state index in [0.717, 1.165) is 13.1 Å². The third-order valence-electron chi connectivity index (χ3n) is 2.32. The molecule has 0 aromatic carbocycles. The van der Waals surface area contributed by atoms with Crippen LogP contribution in [0.1, 0.15) is 13.8 Å². The van der Waals surface area contributed by atoms with Crippen molar-refractivity contribution >= 4 is 0 Å². The molecule has 1 fully saturated rings. The van der Waals surface area contributed by atoms with Crippen molar-refractivity contribution in [2.75, 3.05) is 33.4 Å². The second kappa shape index (κ2) is 5.66. The Labute approximate surface area is 85.8 Å². The summed E-state index contributed by atoms with van der Waals surface area (Å²) in [7, 11) is 1.60. The van der Waals surface area contributed by atoms with Crippen molar-refractivity contribution in [3.05, 3.63) is 0 Å². The molecule has 0 bridgehead atoms. The Morgan fingerprint density at radius 1 is 1.43 bits per heavy atom. The molecule has 14 heavy (non-hydrogen) atoms. The molecule has 3 atom stereocenters. The van der Waals surface area contributed by atoms with Crippen LogP contribution in [0.25, 0.3) is 0 Å². The van der Waals surface area contributed by atoms with E-state index in [-0.39, 0.29) is 12.2 Å². The molecule has 0 spiro atoms.